The minimum absolute atomic E-state index is 0. The second-order valence-corrected chi connectivity index (χ2v) is 0. The van der Waals surface area contributed by atoms with E-state index in [1.165, 1.54) is 0 Å². The van der Waals surface area contributed by atoms with Crippen LogP contribution in [0.2, 0.25) is 0 Å². The van der Waals surface area contributed by atoms with Gasteiger partial charge in [0.2, 0.25) is 0 Å². The van der Waals surface area contributed by atoms with Crippen LogP contribution in [0.3, 0.4) is 0 Å². The van der Waals surface area contributed by atoms with Crippen LogP contribution in [0.1, 0.15) is 7.43 Å². The van der Waals surface area contributed by atoms with E-state index in [0.717, 1.165) is 0 Å². The zero-order chi connectivity index (χ0) is 0. The van der Waals surface area contributed by atoms with Crippen molar-refractivity contribution in [2.24, 2.45) is 0 Å². The van der Waals surface area contributed by atoms with E-state index in [1.54, 1.807) is 0 Å². The van der Waals surface area contributed by atoms with Crippen molar-refractivity contribution in [3.05, 3.63) is 0 Å². The van der Waals surface area contributed by atoms with Crippen LogP contribution in [0, 0.1) is 0 Å². The predicted octanol–water partition coefficient (Wildman–Crippen LogP) is 0.248. The van der Waals surface area contributed by atoms with Gasteiger partial charge in [-0.2, -0.15) is 0 Å². The molecular formula is CH4CoMnNiSi. The topological polar surface area (TPSA) is 0 Å². The van der Waals surface area contributed by atoms with E-state index in [9.17, 15) is 0 Å². The molecule has 0 N–H and O–H groups in total. The summed E-state index contributed by atoms with van der Waals surface area (Å²) in [6, 6.07) is 0. The normalized spacial score (nSPS) is 0. The van der Waals surface area contributed by atoms with Gasteiger partial charge in [0.1, 0.15) is 0 Å². The van der Waals surface area contributed by atoms with Gasteiger partial charge in [-0.05, 0) is 0 Å². The van der Waals surface area contributed by atoms with E-state index in [4.69, 9.17) is 0 Å². The van der Waals surface area contributed by atoms with Crippen LogP contribution in [0.15, 0.2) is 0 Å². The number of hydrogen-bond donors (Lipinski definition) is 0. The summed E-state index contributed by atoms with van der Waals surface area (Å²) in [5, 5.41) is 0. The molecule has 0 aromatic heterocycles. The zero-order valence-corrected chi connectivity index (χ0v) is 5.74. The first-order valence-corrected chi connectivity index (χ1v) is 0. The first-order chi connectivity index (χ1) is 0. The summed E-state index contributed by atoms with van der Waals surface area (Å²) in [4.78, 5) is 0. The van der Waals surface area contributed by atoms with E-state index in [-0.39, 0.29) is 68.7 Å². The fourth-order valence-electron chi connectivity index (χ4n) is 0. The van der Waals surface area contributed by atoms with Gasteiger partial charge >= 0.3 is 0 Å². The monoisotopic (exact) mass is 216 g/mol. The van der Waals surface area contributed by atoms with Gasteiger partial charge in [0, 0.05) is 61.3 Å². The molecule has 0 fully saturated rings. The Hall–Kier alpha value is 1.74. The molecule has 0 amide bonds. The van der Waals surface area contributed by atoms with Crippen molar-refractivity contribution in [1.29, 1.82) is 0 Å². The Labute approximate surface area is 68.5 Å². The fraction of sp³-hybridized carbons (Fsp3) is 1.00. The molecule has 0 bridgehead atoms. The van der Waals surface area contributed by atoms with Crippen LogP contribution in [-0.2, 0) is 50.3 Å². The van der Waals surface area contributed by atoms with Crippen molar-refractivity contribution in [2.45, 2.75) is 7.43 Å². The SMILES string of the molecule is C.[Co].[Mn].[Ni].[Si]. The molecule has 0 saturated heterocycles. The van der Waals surface area contributed by atoms with Gasteiger partial charge in [-0.1, -0.05) is 7.43 Å². The predicted molar refractivity (Wildman–Crippen MR) is 12.5 cm³/mol. The van der Waals surface area contributed by atoms with Crippen LogP contribution >= 0.6 is 0 Å². The Morgan fingerprint density at radius 3 is 1.00 bits per heavy atom. The van der Waals surface area contributed by atoms with E-state index in [1.807, 2.05) is 0 Å². The zero-order valence-electron chi connectivity index (χ0n) is 1.53. The molecule has 0 aliphatic carbocycles. The van der Waals surface area contributed by atoms with Crippen molar-refractivity contribution in [2.75, 3.05) is 0 Å². The molecule has 0 unspecified atom stereocenters. The van der Waals surface area contributed by atoms with E-state index in [2.05, 4.69) is 0 Å². The van der Waals surface area contributed by atoms with Crippen molar-refractivity contribution in [1.82, 2.24) is 0 Å². The van der Waals surface area contributed by atoms with Gasteiger partial charge in [0.25, 0.3) is 0 Å². The maximum atomic E-state index is 0. The molecule has 0 saturated carbocycles. The molecule has 0 atom stereocenters. The van der Waals surface area contributed by atoms with Crippen LogP contribution in [0.5, 0.6) is 0 Å². The van der Waals surface area contributed by atoms with Gasteiger partial charge < -0.3 is 0 Å². The van der Waals surface area contributed by atoms with Crippen molar-refractivity contribution < 1.29 is 50.3 Å². The maximum absolute atomic E-state index is 0. The van der Waals surface area contributed by atoms with E-state index >= 15 is 0 Å². The van der Waals surface area contributed by atoms with Crippen LogP contribution in [-0.4, -0.2) is 11.0 Å². The van der Waals surface area contributed by atoms with Crippen molar-refractivity contribution in [3.8, 4) is 0 Å². The maximum Gasteiger partial charge on any atom is 0 e. The van der Waals surface area contributed by atoms with E-state index < -0.39 is 0 Å². The molecule has 5 heavy (non-hydrogen) atoms. The van der Waals surface area contributed by atoms with Crippen LogP contribution in [0.4, 0.5) is 0 Å². The molecule has 0 rings (SSSR count). The average molecular weight is 217 g/mol. The first-order valence-electron chi connectivity index (χ1n) is 0. The summed E-state index contributed by atoms with van der Waals surface area (Å²) in [7, 11) is 0. The fourth-order valence-corrected chi connectivity index (χ4v) is 0. The summed E-state index contributed by atoms with van der Waals surface area (Å²) >= 11 is 0. The molecular weight excluding hydrogens is 213 g/mol. The van der Waals surface area contributed by atoms with Gasteiger partial charge in [-0.3, -0.25) is 0 Å². The third kappa shape index (κ3) is 26.6. The van der Waals surface area contributed by atoms with Crippen molar-refractivity contribution >= 4 is 11.0 Å². The Morgan fingerprint density at radius 1 is 1.00 bits per heavy atom. The molecule has 0 nitrogen and oxygen atoms in total. The minimum atomic E-state index is 0. The van der Waals surface area contributed by atoms with Gasteiger partial charge in [0.15, 0.2) is 0 Å². The van der Waals surface area contributed by atoms with Gasteiger partial charge in [-0.15, -0.1) is 0 Å². The summed E-state index contributed by atoms with van der Waals surface area (Å²) in [5.74, 6) is 0. The molecule has 4 heteroatoms. The van der Waals surface area contributed by atoms with Crippen LogP contribution in [0.25, 0.3) is 0 Å². The largest absolute Gasteiger partial charge is 0.0776 e. The summed E-state index contributed by atoms with van der Waals surface area (Å²) in [6.45, 7) is 0. The second kappa shape index (κ2) is 42.7. The quantitative estimate of drug-likeness (QED) is 0.510. The van der Waals surface area contributed by atoms with Crippen LogP contribution < -0.4 is 0 Å². The van der Waals surface area contributed by atoms with E-state index in [0.29, 0.717) is 0 Å². The molecule has 0 aromatic rings. The molecule has 6 radical (unpaired) electrons. The average Bonchev–Trinajstić information content (AvgIpc) is 0. The summed E-state index contributed by atoms with van der Waals surface area (Å²) < 4.78 is 0. The molecule has 0 heterocycles. The Morgan fingerprint density at radius 2 is 1.00 bits per heavy atom. The molecule has 0 aliphatic rings. The van der Waals surface area contributed by atoms with Gasteiger partial charge in [0.05, 0.1) is 0 Å². The minimum Gasteiger partial charge on any atom is -0.0776 e. The van der Waals surface area contributed by atoms with Gasteiger partial charge in [-0.25, -0.2) is 0 Å². The molecule has 0 spiro atoms. The summed E-state index contributed by atoms with van der Waals surface area (Å²) in [5.41, 5.74) is 0. The Bertz CT molecular complexity index is 11.6. The Balaban J connectivity index is 0. The summed E-state index contributed by atoms with van der Waals surface area (Å²) in [6.07, 6.45) is 0. The third-order valence-electron chi connectivity index (χ3n) is 0. The van der Waals surface area contributed by atoms with Crippen molar-refractivity contribution in [3.63, 3.8) is 0 Å². The second-order valence-electron chi connectivity index (χ2n) is 0. The smallest absolute Gasteiger partial charge is 0 e. The first kappa shape index (κ1) is 73.5. The Kier molecular flexibility index (Phi) is 628. The molecule has 0 aliphatic heterocycles. The third-order valence-corrected chi connectivity index (χ3v) is 0. The number of rotatable bonds is 0. The standard InChI is InChI=1S/CH4.Co.Mn.Ni.Si/h1H4;;;;. The molecule has 0 aromatic carbocycles. The number of hydrogen-bond acceptors (Lipinski definition) is 0. The molecule has 38 valence electrons.